The summed E-state index contributed by atoms with van der Waals surface area (Å²) in [7, 11) is 0. The summed E-state index contributed by atoms with van der Waals surface area (Å²) in [6, 6.07) is 6.58. The van der Waals surface area contributed by atoms with Crippen LogP contribution in [0.3, 0.4) is 0 Å². The second-order valence-electron chi connectivity index (χ2n) is 5.60. The fourth-order valence-electron chi connectivity index (χ4n) is 2.67. The van der Waals surface area contributed by atoms with Crippen LogP contribution in [0.4, 0.5) is 0 Å². The number of hydrogen-bond acceptors (Lipinski definition) is 4. The second kappa shape index (κ2) is 7.40. The lowest BCUT2D eigenvalue weighted by Gasteiger charge is -2.31. The van der Waals surface area contributed by atoms with Gasteiger partial charge in [-0.15, -0.1) is 0 Å². The molecule has 0 aliphatic carbocycles. The van der Waals surface area contributed by atoms with Crippen molar-refractivity contribution in [1.82, 2.24) is 4.90 Å². The molecule has 2 heterocycles. The van der Waals surface area contributed by atoms with E-state index in [1.165, 1.54) is 12.5 Å². The van der Waals surface area contributed by atoms with Crippen LogP contribution < -0.4 is 4.74 Å². The Morgan fingerprint density at radius 2 is 2.17 bits per heavy atom. The van der Waals surface area contributed by atoms with Crippen molar-refractivity contribution in [2.75, 3.05) is 13.1 Å². The van der Waals surface area contributed by atoms with Gasteiger partial charge in [-0.05, 0) is 53.0 Å². The smallest absolute Gasteiger partial charge is 0.316 e. The number of amides is 1. The zero-order valence-corrected chi connectivity index (χ0v) is 15.0. The Balaban J connectivity index is 1.65. The van der Waals surface area contributed by atoms with Crippen molar-refractivity contribution >= 4 is 39.4 Å². The normalized spacial score (nSPS) is 17.6. The molecular formula is C17H15BrClNO4. The van der Waals surface area contributed by atoms with E-state index < -0.39 is 0 Å². The summed E-state index contributed by atoms with van der Waals surface area (Å²) in [5.41, 5.74) is 0.490. The minimum Gasteiger partial charge on any atom is -0.472 e. The molecule has 3 rings (SSSR count). The highest BCUT2D eigenvalue weighted by Crippen LogP contribution is 2.29. The number of benzene rings is 1. The van der Waals surface area contributed by atoms with Crippen LogP contribution in [-0.2, 0) is 4.79 Å². The van der Waals surface area contributed by atoms with E-state index in [1.807, 2.05) is 0 Å². The number of carbonyl (C=O) groups is 2. The molecule has 126 valence electrons. The third-order valence-electron chi connectivity index (χ3n) is 3.91. The van der Waals surface area contributed by atoms with Gasteiger partial charge in [-0.1, -0.05) is 11.6 Å². The van der Waals surface area contributed by atoms with E-state index in [-0.39, 0.29) is 17.8 Å². The Labute approximate surface area is 152 Å². The molecule has 1 amide bonds. The Morgan fingerprint density at radius 1 is 1.33 bits per heavy atom. The zero-order valence-electron chi connectivity index (χ0n) is 12.7. The van der Waals surface area contributed by atoms with E-state index in [0.29, 0.717) is 40.3 Å². The molecule has 2 aromatic rings. The molecule has 1 aromatic heterocycles. The summed E-state index contributed by atoms with van der Waals surface area (Å²) in [6.07, 6.45) is 4.32. The number of nitrogens with zero attached hydrogens (tertiary/aromatic N) is 1. The first-order valence-corrected chi connectivity index (χ1v) is 8.70. The minimum atomic E-state index is -0.350. The second-order valence-corrected chi connectivity index (χ2v) is 6.89. The monoisotopic (exact) mass is 411 g/mol. The fourth-order valence-corrected chi connectivity index (χ4v) is 3.44. The topological polar surface area (TPSA) is 59.8 Å². The Kier molecular flexibility index (Phi) is 5.26. The lowest BCUT2D eigenvalue weighted by atomic mass is 9.97. The Hall–Kier alpha value is -1.79. The SMILES string of the molecule is O=C(Oc1ccc(Cl)cc1Br)C1CCCN(C(=O)c2ccoc2)C1. The summed E-state index contributed by atoms with van der Waals surface area (Å²) >= 11 is 9.21. The van der Waals surface area contributed by atoms with E-state index >= 15 is 0 Å². The molecule has 1 atom stereocenters. The number of rotatable bonds is 3. The molecule has 0 spiro atoms. The van der Waals surface area contributed by atoms with Crippen LogP contribution in [0, 0.1) is 5.92 Å². The van der Waals surface area contributed by atoms with E-state index in [9.17, 15) is 9.59 Å². The summed E-state index contributed by atoms with van der Waals surface area (Å²) in [6.45, 7) is 0.965. The van der Waals surface area contributed by atoms with Crippen molar-refractivity contribution in [3.05, 3.63) is 51.9 Å². The lowest BCUT2D eigenvalue weighted by Crippen LogP contribution is -2.43. The molecular weight excluding hydrogens is 398 g/mol. The molecule has 0 radical (unpaired) electrons. The van der Waals surface area contributed by atoms with Gasteiger partial charge in [-0.2, -0.15) is 0 Å². The summed E-state index contributed by atoms with van der Waals surface area (Å²) in [4.78, 5) is 26.5. The molecule has 5 nitrogen and oxygen atoms in total. The number of likely N-dealkylation sites (tertiary alicyclic amines) is 1. The maximum Gasteiger partial charge on any atom is 0.316 e. The third kappa shape index (κ3) is 3.82. The molecule has 1 fully saturated rings. The highest BCUT2D eigenvalue weighted by molar-refractivity contribution is 9.10. The van der Waals surface area contributed by atoms with Crippen LogP contribution in [0.5, 0.6) is 5.75 Å². The number of esters is 1. The lowest BCUT2D eigenvalue weighted by molar-refractivity contribution is -0.140. The van der Waals surface area contributed by atoms with Gasteiger partial charge in [0.05, 0.1) is 22.2 Å². The molecule has 1 aromatic carbocycles. The van der Waals surface area contributed by atoms with Crippen molar-refractivity contribution in [2.24, 2.45) is 5.92 Å². The van der Waals surface area contributed by atoms with Crippen LogP contribution in [0.15, 0.2) is 45.7 Å². The maximum atomic E-state index is 12.4. The Bertz CT molecular complexity index is 747. The molecule has 24 heavy (non-hydrogen) atoms. The van der Waals surface area contributed by atoms with Crippen LogP contribution in [0.1, 0.15) is 23.2 Å². The molecule has 0 N–H and O–H groups in total. The predicted molar refractivity (Wildman–Crippen MR) is 92.1 cm³/mol. The quantitative estimate of drug-likeness (QED) is 0.561. The average Bonchev–Trinajstić information content (AvgIpc) is 3.11. The number of ether oxygens (including phenoxy) is 1. The standard InChI is InChI=1S/C17H15BrClNO4/c18-14-8-13(19)3-4-15(14)24-17(22)11-2-1-6-20(9-11)16(21)12-5-7-23-10-12/h3-5,7-8,10-11H,1-2,6,9H2. The van der Waals surface area contributed by atoms with E-state index in [0.717, 1.165) is 6.42 Å². The molecule has 1 aliphatic rings. The van der Waals surface area contributed by atoms with Gasteiger partial charge in [0.15, 0.2) is 0 Å². The summed E-state index contributed by atoms with van der Waals surface area (Å²) in [5.74, 6) is -0.406. The van der Waals surface area contributed by atoms with E-state index in [4.69, 9.17) is 20.8 Å². The molecule has 7 heteroatoms. The predicted octanol–water partition coefficient (Wildman–Crippen LogP) is 4.15. The third-order valence-corrected chi connectivity index (χ3v) is 4.77. The van der Waals surface area contributed by atoms with Crippen LogP contribution in [-0.4, -0.2) is 29.9 Å². The number of furan rings is 1. The molecule has 1 unspecified atom stereocenters. The molecule has 1 aliphatic heterocycles. The van der Waals surface area contributed by atoms with Crippen LogP contribution >= 0.6 is 27.5 Å². The minimum absolute atomic E-state index is 0.131. The largest absolute Gasteiger partial charge is 0.472 e. The van der Waals surface area contributed by atoms with Crippen molar-refractivity contribution in [3.8, 4) is 5.75 Å². The number of halogens is 2. The first-order valence-electron chi connectivity index (χ1n) is 7.53. The highest BCUT2D eigenvalue weighted by Gasteiger charge is 2.30. The average molecular weight is 413 g/mol. The first kappa shape index (κ1) is 17.0. The van der Waals surface area contributed by atoms with Crippen LogP contribution in [0.2, 0.25) is 5.02 Å². The number of carbonyl (C=O) groups excluding carboxylic acids is 2. The van der Waals surface area contributed by atoms with E-state index in [1.54, 1.807) is 29.2 Å². The molecule has 0 saturated carbocycles. The van der Waals surface area contributed by atoms with E-state index in [2.05, 4.69) is 15.9 Å². The zero-order chi connectivity index (χ0) is 17.1. The highest BCUT2D eigenvalue weighted by atomic mass is 79.9. The van der Waals surface area contributed by atoms with Gasteiger partial charge in [0.2, 0.25) is 0 Å². The summed E-state index contributed by atoms with van der Waals surface area (Å²) < 4.78 is 11.0. The summed E-state index contributed by atoms with van der Waals surface area (Å²) in [5, 5.41) is 0.552. The number of piperidine rings is 1. The van der Waals surface area contributed by atoms with Gasteiger partial charge >= 0.3 is 5.97 Å². The van der Waals surface area contributed by atoms with Crippen molar-refractivity contribution in [2.45, 2.75) is 12.8 Å². The van der Waals surface area contributed by atoms with Crippen molar-refractivity contribution in [1.29, 1.82) is 0 Å². The van der Waals surface area contributed by atoms with Gasteiger partial charge in [-0.3, -0.25) is 9.59 Å². The van der Waals surface area contributed by atoms with Crippen LogP contribution in [0.25, 0.3) is 0 Å². The van der Waals surface area contributed by atoms with Gasteiger partial charge in [0.1, 0.15) is 12.0 Å². The van der Waals surface area contributed by atoms with Gasteiger partial charge in [0.25, 0.3) is 5.91 Å². The van der Waals surface area contributed by atoms with Crippen molar-refractivity contribution < 1.29 is 18.7 Å². The first-order chi connectivity index (χ1) is 11.5. The van der Waals surface area contributed by atoms with Gasteiger partial charge in [-0.25, -0.2) is 0 Å². The molecule has 1 saturated heterocycles. The number of hydrogen-bond donors (Lipinski definition) is 0. The Morgan fingerprint density at radius 3 is 2.88 bits per heavy atom. The maximum absolute atomic E-state index is 12.4. The van der Waals surface area contributed by atoms with Gasteiger partial charge in [0, 0.05) is 18.1 Å². The molecule has 0 bridgehead atoms. The van der Waals surface area contributed by atoms with Gasteiger partial charge < -0.3 is 14.1 Å². The fraction of sp³-hybridized carbons (Fsp3) is 0.294. The van der Waals surface area contributed by atoms with Crippen molar-refractivity contribution in [3.63, 3.8) is 0 Å².